The van der Waals surface area contributed by atoms with E-state index in [1.807, 2.05) is 0 Å². The van der Waals surface area contributed by atoms with Gasteiger partial charge in [0.2, 0.25) is 0 Å². The second-order valence-corrected chi connectivity index (χ2v) is 3.32. The Morgan fingerprint density at radius 1 is 1.64 bits per heavy atom. The molecule has 14 heavy (non-hydrogen) atoms. The van der Waals surface area contributed by atoms with Crippen molar-refractivity contribution in [3.05, 3.63) is 29.3 Å². The predicted octanol–water partition coefficient (Wildman–Crippen LogP) is 1.72. The monoisotopic (exact) mass is 187 g/mol. The lowest BCUT2D eigenvalue weighted by atomic mass is 10.0. The molecule has 2 rings (SSSR count). The van der Waals surface area contributed by atoms with Gasteiger partial charge in [0.1, 0.15) is 11.8 Å². The van der Waals surface area contributed by atoms with Crippen molar-refractivity contribution in [2.75, 3.05) is 0 Å². The van der Waals surface area contributed by atoms with E-state index < -0.39 is 6.10 Å². The third kappa shape index (κ3) is 1.35. The van der Waals surface area contributed by atoms with Gasteiger partial charge in [-0.05, 0) is 30.7 Å². The van der Waals surface area contributed by atoms with Crippen LogP contribution < -0.4 is 4.74 Å². The number of fused-ring (bicyclic) bond motifs is 1. The molecule has 1 aromatic rings. The Bertz CT molecular complexity index is 431. The Labute approximate surface area is 81.9 Å². The molecule has 1 aromatic carbocycles. The summed E-state index contributed by atoms with van der Waals surface area (Å²) in [5, 5.41) is 8.67. The van der Waals surface area contributed by atoms with E-state index in [9.17, 15) is 4.79 Å². The Hall–Kier alpha value is -1.82. The summed E-state index contributed by atoms with van der Waals surface area (Å²) in [5.41, 5.74) is 1.62. The average Bonchev–Trinajstić information content (AvgIpc) is 2.58. The van der Waals surface area contributed by atoms with Crippen LogP contribution in [-0.2, 0) is 6.42 Å². The molecule has 1 atom stereocenters. The van der Waals surface area contributed by atoms with Crippen molar-refractivity contribution in [3.8, 4) is 11.8 Å². The van der Waals surface area contributed by atoms with E-state index in [0.717, 1.165) is 11.3 Å². The summed E-state index contributed by atoms with van der Waals surface area (Å²) in [4.78, 5) is 11.1. The summed E-state index contributed by atoms with van der Waals surface area (Å²) in [7, 11) is 0. The second kappa shape index (κ2) is 3.15. The first-order valence-electron chi connectivity index (χ1n) is 4.41. The third-order valence-corrected chi connectivity index (χ3v) is 2.29. The summed E-state index contributed by atoms with van der Waals surface area (Å²) in [5.74, 6) is 0.759. The Morgan fingerprint density at radius 3 is 3.07 bits per heavy atom. The van der Waals surface area contributed by atoms with Crippen LogP contribution >= 0.6 is 0 Å². The Kier molecular flexibility index (Phi) is 1.97. The highest BCUT2D eigenvalue weighted by Gasteiger charge is 2.22. The van der Waals surface area contributed by atoms with E-state index in [1.165, 1.54) is 6.92 Å². The summed E-state index contributed by atoms with van der Waals surface area (Å²) in [6.45, 7) is 1.53. The molecule has 1 heterocycles. The minimum atomic E-state index is -0.396. The maximum absolute atomic E-state index is 11.1. The van der Waals surface area contributed by atoms with E-state index in [0.29, 0.717) is 12.0 Å². The molecule has 0 spiro atoms. The highest BCUT2D eigenvalue weighted by Crippen LogP contribution is 2.29. The zero-order chi connectivity index (χ0) is 10.1. The van der Waals surface area contributed by atoms with Gasteiger partial charge < -0.3 is 4.74 Å². The van der Waals surface area contributed by atoms with Crippen LogP contribution in [0, 0.1) is 11.3 Å². The number of ether oxygens (including phenoxy) is 1. The molecule has 0 saturated carbocycles. The van der Waals surface area contributed by atoms with Gasteiger partial charge in [-0.25, -0.2) is 0 Å². The van der Waals surface area contributed by atoms with Crippen LogP contribution in [0.3, 0.4) is 0 Å². The van der Waals surface area contributed by atoms with Crippen LogP contribution in [0.2, 0.25) is 0 Å². The predicted molar refractivity (Wildman–Crippen MR) is 50.2 cm³/mol. The van der Waals surface area contributed by atoms with Gasteiger partial charge in [-0.15, -0.1) is 0 Å². The van der Waals surface area contributed by atoms with Crippen molar-refractivity contribution in [2.24, 2.45) is 0 Å². The van der Waals surface area contributed by atoms with Crippen molar-refractivity contribution in [2.45, 2.75) is 19.4 Å². The highest BCUT2D eigenvalue weighted by atomic mass is 16.5. The summed E-state index contributed by atoms with van der Waals surface area (Å²) >= 11 is 0. The van der Waals surface area contributed by atoms with Crippen LogP contribution in [0.25, 0.3) is 0 Å². The molecule has 3 heteroatoms. The first kappa shape index (κ1) is 8.76. The zero-order valence-corrected chi connectivity index (χ0v) is 7.78. The van der Waals surface area contributed by atoms with Crippen molar-refractivity contribution in [1.29, 1.82) is 5.26 Å². The molecule has 0 radical (unpaired) electrons. The SMILES string of the molecule is CC(=O)c1ccc2c(c1)CC(C#N)O2. The quantitative estimate of drug-likeness (QED) is 0.629. The number of carbonyl (C=O) groups is 1. The van der Waals surface area contributed by atoms with E-state index in [4.69, 9.17) is 10.00 Å². The molecular weight excluding hydrogens is 178 g/mol. The second-order valence-electron chi connectivity index (χ2n) is 3.32. The van der Waals surface area contributed by atoms with Gasteiger partial charge in [-0.2, -0.15) is 5.26 Å². The van der Waals surface area contributed by atoms with Crippen LogP contribution in [0.15, 0.2) is 18.2 Å². The minimum Gasteiger partial charge on any atom is -0.475 e. The number of rotatable bonds is 1. The van der Waals surface area contributed by atoms with Crippen molar-refractivity contribution < 1.29 is 9.53 Å². The first-order chi connectivity index (χ1) is 6.70. The van der Waals surface area contributed by atoms with Crippen LogP contribution in [-0.4, -0.2) is 11.9 Å². The van der Waals surface area contributed by atoms with Crippen molar-refractivity contribution in [3.63, 3.8) is 0 Å². The summed E-state index contributed by atoms with van der Waals surface area (Å²) in [6.07, 6.45) is 0.180. The molecule has 1 aliphatic rings. The number of nitriles is 1. The summed E-state index contributed by atoms with van der Waals surface area (Å²) < 4.78 is 5.32. The lowest BCUT2D eigenvalue weighted by Crippen LogP contribution is -2.08. The maximum atomic E-state index is 11.1. The third-order valence-electron chi connectivity index (χ3n) is 2.29. The molecule has 3 nitrogen and oxygen atoms in total. The smallest absolute Gasteiger partial charge is 0.188 e. The van der Waals surface area contributed by atoms with Gasteiger partial charge in [0, 0.05) is 12.0 Å². The highest BCUT2D eigenvalue weighted by molar-refractivity contribution is 5.94. The van der Waals surface area contributed by atoms with Crippen molar-refractivity contribution in [1.82, 2.24) is 0 Å². The fraction of sp³-hybridized carbons (Fsp3) is 0.273. The molecule has 0 amide bonds. The number of hydrogen-bond acceptors (Lipinski definition) is 3. The molecule has 1 aliphatic heterocycles. The van der Waals surface area contributed by atoms with E-state index in [-0.39, 0.29) is 5.78 Å². The van der Waals surface area contributed by atoms with Gasteiger partial charge in [-0.1, -0.05) is 0 Å². The number of Topliss-reactive ketones (excluding diaryl/α,β-unsaturated/α-hetero) is 1. The minimum absolute atomic E-state index is 0.0354. The number of benzene rings is 1. The van der Waals surface area contributed by atoms with Gasteiger partial charge in [0.05, 0.1) is 0 Å². The number of hydrogen-bond donors (Lipinski definition) is 0. The van der Waals surface area contributed by atoms with Crippen LogP contribution in [0.1, 0.15) is 22.8 Å². The van der Waals surface area contributed by atoms with Gasteiger partial charge in [0.15, 0.2) is 11.9 Å². The Morgan fingerprint density at radius 2 is 2.43 bits per heavy atom. The standard InChI is InChI=1S/C11H9NO2/c1-7(13)8-2-3-11-9(4-8)5-10(6-12)14-11/h2-4,10H,5H2,1H3. The molecule has 0 aliphatic carbocycles. The van der Waals surface area contributed by atoms with Crippen LogP contribution in [0.5, 0.6) is 5.75 Å². The number of carbonyl (C=O) groups excluding carboxylic acids is 1. The van der Waals surface area contributed by atoms with Gasteiger partial charge in [-0.3, -0.25) is 4.79 Å². The normalized spacial score (nSPS) is 18.1. The molecule has 1 unspecified atom stereocenters. The first-order valence-corrected chi connectivity index (χ1v) is 4.41. The maximum Gasteiger partial charge on any atom is 0.188 e. The molecule has 0 bridgehead atoms. The lowest BCUT2D eigenvalue weighted by Gasteiger charge is -2.00. The molecule has 0 saturated heterocycles. The number of nitrogens with zero attached hydrogens (tertiary/aromatic N) is 1. The molecule has 0 fully saturated rings. The largest absolute Gasteiger partial charge is 0.475 e. The van der Waals surface area contributed by atoms with Crippen molar-refractivity contribution >= 4 is 5.78 Å². The average molecular weight is 187 g/mol. The van der Waals surface area contributed by atoms with E-state index in [1.54, 1.807) is 18.2 Å². The summed E-state index contributed by atoms with van der Waals surface area (Å²) in [6, 6.07) is 7.33. The number of ketones is 1. The molecule has 0 N–H and O–H groups in total. The topological polar surface area (TPSA) is 50.1 Å². The lowest BCUT2D eigenvalue weighted by molar-refractivity contribution is 0.101. The molecule has 0 aromatic heterocycles. The Balaban J connectivity index is 2.36. The molecular formula is C11H9NO2. The zero-order valence-electron chi connectivity index (χ0n) is 7.78. The fourth-order valence-corrected chi connectivity index (χ4v) is 1.54. The van der Waals surface area contributed by atoms with Gasteiger partial charge >= 0.3 is 0 Å². The van der Waals surface area contributed by atoms with E-state index in [2.05, 4.69) is 6.07 Å². The van der Waals surface area contributed by atoms with Gasteiger partial charge in [0.25, 0.3) is 0 Å². The van der Waals surface area contributed by atoms with E-state index >= 15 is 0 Å². The fourth-order valence-electron chi connectivity index (χ4n) is 1.54. The molecule has 70 valence electrons. The van der Waals surface area contributed by atoms with Crippen LogP contribution in [0.4, 0.5) is 0 Å².